The summed E-state index contributed by atoms with van der Waals surface area (Å²) in [4.78, 5) is 28.6. The third-order valence-electron chi connectivity index (χ3n) is 7.74. The summed E-state index contributed by atoms with van der Waals surface area (Å²) in [7, 11) is -0.920. The molecule has 44 heavy (non-hydrogen) atoms. The van der Waals surface area contributed by atoms with E-state index in [-0.39, 0.29) is 34.5 Å². The van der Waals surface area contributed by atoms with Crippen LogP contribution in [0.4, 0.5) is 14.5 Å². The fourth-order valence-corrected chi connectivity index (χ4v) is 6.63. The van der Waals surface area contributed by atoms with Gasteiger partial charge in [0.25, 0.3) is 11.8 Å². The normalized spacial score (nSPS) is 15.1. The summed E-state index contributed by atoms with van der Waals surface area (Å²) in [5, 5.41) is 2.96. The number of halogens is 2. The zero-order valence-electron chi connectivity index (χ0n) is 24.6. The van der Waals surface area contributed by atoms with Gasteiger partial charge in [-0.3, -0.25) is 13.9 Å². The van der Waals surface area contributed by atoms with E-state index in [0.29, 0.717) is 40.8 Å². The molecular formula is C32H33F2N3O6S. The molecule has 5 rings (SSSR count). The SMILES string of the molecule is CNC(=O)c1c(-c2ccc(F)cc2)oc2cc(N(CCF)S(C)(=O)=O)c(-c3cccc(C(=O)N4CCC[C@@H]4COC)c3)cc12. The maximum atomic E-state index is 13.7. The molecule has 9 nitrogen and oxygen atoms in total. The number of methoxy groups -OCH3 is 1. The number of nitrogens with zero attached hydrogens (tertiary/aromatic N) is 2. The van der Waals surface area contributed by atoms with Crippen molar-refractivity contribution in [1.82, 2.24) is 10.2 Å². The van der Waals surface area contributed by atoms with Gasteiger partial charge >= 0.3 is 0 Å². The van der Waals surface area contributed by atoms with Crippen LogP contribution >= 0.6 is 0 Å². The number of benzene rings is 3. The van der Waals surface area contributed by atoms with Crippen LogP contribution < -0.4 is 9.62 Å². The summed E-state index contributed by atoms with van der Waals surface area (Å²) < 4.78 is 65.7. The number of hydrogen-bond donors (Lipinski definition) is 1. The van der Waals surface area contributed by atoms with Crippen molar-refractivity contribution in [3.63, 3.8) is 0 Å². The molecule has 0 bridgehead atoms. The lowest BCUT2D eigenvalue weighted by Crippen LogP contribution is -2.38. The van der Waals surface area contributed by atoms with Crippen LogP contribution in [0.25, 0.3) is 33.4 Å². The Morgan fingerprint density at radius 2 is 1.86 bits per heavy atom. The third kappa shape index (κ3) is 6.04. The van der Waals surface area contributed by atoms with Crippen molar-refractivity contribution in [3.8, 4) is 22.5 Å². The molecule has 1 aromatic heterocycles. The zero-order valence-corrected chi connectivity index (χ0v) is 25.4. The molecule has 0 aliphatic carbocycles. The van der Waals surface area contributed by atoms with Crippen LogP contribution in [-0.2, 0) is 14.8 Å². The predicted molar refractivity (Wildman–Crippen MR) is 165 cm³/mol. The molecule has 1 saturated heterocycles. The van der Waals surface area contributed by atoms with E-state index in [0.717, 1.165) is 23.4 Å². The van der Waals surface area contributed by atoms with E-state index < -0.39 is 35.0 Å². The van der Waals surface area contributed by atoms with Gasteiger partial charge < -0.3 is 19.4 Å². The molecule has 3 aromatic carbocycles. The summed E-state index contributed by atoms with van der Waals surface area (Å²) in [6.45, 7) is -0.418. The van der Waals surface area contributed by atoms with Gasteiger partial charge in [-0.15, -0.1) is 0 Å². The number of carbonyl (C=O) groups is 2. The monoisotopic (exact) mass is 625 g/mol. The average Bonchev–Trinajstić information content (AvgIpc) is 3.63. The first-order chi connectivity index (χ1) is 21.1. The smallest absolute Gasteiger partial charge is 0.255 e. The van der Waals surface area contributed by atoms with E-state index in [1.54, 1.807) is 42.3 Å². The predicted octanol–water partition coefficient (Wildman–Crippen LogP) is 5.25. The van der Waals surface area contributed by atoms with Crippen molar-refractivity contribution >= 4 is 38.5 Å². The fourth-order valence-electron chi connectivity index (χ4n) is 5.72. The summed E-state index contributed by atoms with van der Waals surface area (Å²) in [6.07, 6.45) is 2.65. The second-order valence-electron chi connectivity index (χ2n) is 10.6. The molecule has 0 saturated carbocycles. The minimum atomic E-state index is -3.97. The minimum Gasteiger partial charge on any atom is -0.455 e. The number of furan rings is 1. The zero-order chi connectivity index (χ0) is 31.6. The molecular weight excluding hydrogens is 592 g/mol. The van der Waals surface area contributed by atoms with E-state index in [1.807, 2.05) is 0 Å². The van der Waals surface area contributed by atoms with Gasteiger partial charge in [-0.1, -0.05) is 12.1 Å². The summed E-state index contributed by atoms with van der Waals surface area (Å²) >= 11 is 0. The van der Waals surface area contributed by atoms with Gasteiger partial charge in [-0.25, -0.2) is 17.2 Å². The highest BCUT2D eigenvalue weighted by Crippen LogP contribution is 2.42. The Morgan fingerprint density at radius 1 is 1.11 bits per heavy atom. The number of ether oxygens (including phenoxy) is 1. The molecule has 1 aliphatic rings. The number of alkyl halides is 1. The van der Waals surface area contributed by atoms with Crippen molar-refractivity contribution in [2.45, 2.75) is 18.9 Å². The summed E-state index contributed by atoms with van der Waals surface area (Å²) in [6, 6.07) is 15.2. The largest absolute Gasteiger partial charge is 0.455 e. The van der Waals surface area contributed by atoms with E-state index in [2.05, 4.69) is 5.32 Å². The first kappa shape index (κ1) is 31.1. The van der Waals surface area contributed by atoms with Gasteiger partial charge in [0.05, 0.1) is 36.7 Å². The number of rotatable bonds is 10. The number of fused-ring (bicyclic) bond motifs is 1. The highest BCUT2D eigenvalue weighted by atomic mass is 32.2. The Balaban J connectivity index is 1.74. The van der Waals surface area contributed by atoms with Gasteiger partial charge in [-0.2, -0.15) is 0 Å². The highest BCUT2D eigenvalue weighted by Gasteiger charge is 2.31. The van der Waals surface area contributed by atoms with E-state index in [1.165, 1.54) is 37.4 Å². The number of amides is 2. The molecule has 1 fully saturated rings. The Morgan fingerprint density at radius 3 is 2.52 bits per heavy atom. The molecule has 1 aliphatic heterocycles. The molecule has 1 N–H and O–H groups in total. The number of carbonyl (C=O) groups excluding carboxylic acids is 2. The number of nitrogens with one attached hydrogen (secondary N) is 1. The van der Waals surface area contributed by atoms with E-state index in [4.69, 9.17) is 9.15 Å². The lowest BCUT2D eigenvalue weighted by molar-refractivity contribution is 0.0630. The minimum absolute atomic E-state index is 0.0562. The summed E-state index contributed by atoms with van der Waals surface area (Å²) in [5.41, 5.74) is 2.08. The molecule has 2 heterocycles. The second-order valence-corrected chi connectivity index (χ2v) is 12.5. The molecule has 0 unspecified atom stereocenters. The van der Waals surface area contributed by atoms with Crippen molar-refractivity contribution in [2.24, 2.45) is 0 Å². The number of likely N-dealkylation sites (tertiary alicyclic amines) is 1. The van der Waals surface area contributed by atoms with Crippen LogP contribution in [0.1, 0.15) is 33.6 Å². The van der Waals surface area contributed by atoms with Gasteiger partial charge in [-0.05, 0) is 60.9 Å². The molecule has 0 radical (unpaired) electrons. The fraction of sp³-hybridized carbons (Fsp3) is 0.312. The maximum Gasteiger partial charge on any atom is 0.255 e. The van der Waals surface area contributed by atoms with E-state index >= 15 is 0 Å². The van der Waals surface area contributed by atoms with Crippen molar-refractivity contribution < 1.29 is 35.9 Å². The molecule has 2 amide bonds. The Labute approximate surface area is 254 Å². The van der Waals surface area contributed by atoms with Crippen LogP contribution in [0.2, 0.25) is 0 Å². The van der Waals surface area contributed by atoms with Gasteiger partial charge in [0.1, 0.15) is 23.8 Å². The molecule has 4 aromatic rings. The van der Waals surface area contributed by atoms with Gasteiger partial charge in [0.2, 0.25) is 10.0 Å². The Kier molecular flexibility index (Phi) is 9.02. The highest BCUT2D eigenvalue weighted by molar-refractivity contribution is 7.92. The lowest BCUT2D eigenvalue weighted by Gasteiger charge is -2.25. The van der Waals surface area contributed by atoms with Crippen LogP contribution in [0.15, 0.2) is 65.1 Å². The first-order valence-electron chi connectivity index (χ1n) is 14.1. The van der Waals surface area contributed by atoms with Gasteiger partial charge in [0, 0.05) is 48.8 Å². The quantitative estimate of drug-likeness (QED) is 0.258. The van der Waals surface area contributed by atoms with E-state index in [9.17, 15) is 26.8 Å². The van der Waals surface area contributed by atoms with Crippen LogP contribution in [0, 0.1) is 5.82 Å². The van der Waals surface area contributed by atoms with Gasteiger partial charge in [0.15, 0.2) is 0 Å². The topological polar surface area (TPSA) is 109 Å². The van der Waals surface area contributed by atoms with Crippen molar-refractivity contribution in [1.29, 1.82) is 0 Å². The number of hydrogen-bond acceptors (Lipinski definition) is 6. The maximum absolute atomic E-state index is 13.7. The third-order valence-corrected chi connectivity index (χ3v) is 8.92. The first-order valence-corrected chi connectivity index (χ1v) is 15.9. The van der Waals surface area contributed by atoms with Crippen molar-refractivity contribution in [2.75, 3.05) is 51.1 Å². The molecule has 232 valence electrons. The number of anilines is 1. The lowest BCUT2D eigenvalue weighted by atomic mass is 9.97. The Bertz CT molecular complexity index is 1810. The van der Waals surface area contributed by atoms with Crippen LogP contribution in [-0.4, -0.2) is 78.0 Å². The van der Waals surface area contributed by atoms with Crippen LogP contribution in [0.3, 0.4) is 0 Å². The van der Waals surface area contributed by atoms with Crippen LogP contribution in [0.5, 0.6) is 0 Å². The second kappa shape index (κ2) is 12.7. The average molecular weight is 626 g/mol. The van der Waals surface area contributed by atoms with Crippen molar-refractivity contribution in [3.05, 3.63) is 77.6 Å². The summed E-state index contributed by atoms with van der Waals surface area (Å²) in [5.74, 6) is -0.984. The standard InChI is InChI=1S/C32H33F2N3O6S/c1-35-31(38)29-26-17-25(21-6-4-7-22(16-21)32(39)36-14-5-8-24(36)19-42-2)27(37(15-13-33)44(3,40)41)18-28(26)43-30(29)20-9-11-23(34)12-10-20/h4,6-7,9-12,16-18,24H,5,8,13-15,19H2,1-3H3,(H,35,38)/t24-/m1/s1. The molecule has 12 heteroatoms. The Hall–Kier alpha value is -4.29. The molecule has 0 spiro atoms. The molecule has 1 atom stereocenters. The number of sulfonamides is 1.